The van der Waals surface area contributed by atoms with Crippen LogP contribution in [0, 0.1) is 12.7 Å². The number of likely N-dealkylation sites (N-methyl/N-ethyl adjacent to an activating group) is 1. The second kappa shape index (κ2) is 7.52. The van der Waals surface area contributed by atoms with E-state index in [0.29, 0.717) is 18.3 Å². The van der Waals surface area contributed by atoms with E-state index in [4.69, 9.17) is 0 Å². The summed E-state index contributed by atoms with van der Waals surface area (Å²) in [7, 11) is 0. The predicted octanol–water partition coefficient (Wildman–Crippen LogP) is 2.15. The third kappa shape index (κ3) is 4.51. The standard InChI is InChI=1S/C16H24FN3O/c1-3-20(14-5-4-8-18-10-14)11-16(21)19-15-9-13(17)7-6-12(15)2/h6-7,9,14,18H,3-5,8,10-11H2,1-2H3,(H,19,21). The van der Waals surface area contributed by atoms with E-state index in [0.717, 1.165) is 38.0 Å². The monoisotopic (exact) mass is 293 g/mol. The van der Waals surface area contributed by atoms with Crippen molar-refractivity contribution in [3.63, 3.8) is 0 Å². The molecule has 1 aliphatic rings. The zero-order chi connectivity index (χ0) is 15.2. The average Bonchev–Trinajstić information content (AvgIpc) is 2.49. The zero-order valence-electron chi connectivity index (χ0n) is 12.8. The Morgan fingerprint density at radius 1 is 1.52 bits per heavy atom. The highest BCUT2D eigenvalue weighted by Crippen LogP contribution is 2.16. The summed E-state index contributed by atoms with van der Waals surface area (Å²) < 4.78 is 13.2. The molecule has 1 aromatic carbocycles. The maximum atomic E-state index is 13.2. The normalized spacial score (nSPS) is 18.8. The number of aryl methyl sites for hydroxylation is 1. The van der Waals surface area contributed by atoms with Gasteiger partial charge in [0.25, 0.3) is 0 Å². The summed E-state index contributed by atoms with van der Waals surface area (Å²) in [6.45, 7) is 7.09. The minimum absolute atomic E-state index is 0.0869. The molecule has 1 fully saturated rings. The van der Waals surface area contributed by atoms with Gasteiger partial charge in [-0.3, -0.25) is 9.69 Å². The summed E-state index contributed by atoms with van der Waals surface area (Å²) >= 11 is 0. The quantitative estimate of drug-likeness (QED) is 0.874. The minimum atomic E-state index is -0.334. The van der Waals surface area contributed by atoms with Crippen molar-refractivity contribution in [2.45, 2.75) is 32.7 Å². The maximum Gasteiger partial charge on any atom is 0.238 e. The Hall–Kier alpha value is -1.46. The van der Waals surface area contributed by atoms with Gasteiger partial charge in [0.2, 0.25) is 5.91 Å². The van der Waals surface area contributed by atoms with Gasteiger partial charge in [-0.15, -0.1) is 0 Å². The van der Waals surface area contributed by atoms with Crippen molar-refractivity contribution in [1.29, 1.82) is 0 Å². The Kier molecular flexibility index (Phi) is 5.70. The lowest BCUT2D eigenvalue weighted by molar-refractivity contribution is -0.117. The summed E-state index contributed by atoms with van der Waals surface area (Å²) in [6.07, 6.45) is 2.26. The van der Waals surface area contributed by atoms with Crippen molar-refractivity contribution in [3.05, 3.63) is 29.6 Å². The SMILES string of the molecule is CCN(CC(=O)Nc1cc(F)ccc1C)C1CCCNC1. The molecule has 21 heavy (non-hydrogen) atoms. The van der Waals surface area contributed by atoms with E-state index < -0.39 is 0 Å². The summed E-state index contributed by atoms with van der Waals surface area (Å²) in [4.78, 5) is 14.4. The minimum Gasteiger partial charge on any atom is -0.325 e. The Balaban J connectivity index is 1.94. The molecule has 5 heteroatoms. The first-order valence-corrected chi connectivity index (χ1v) is 7.61. The summed E-state index contributed by atoms with van der Waals surface area (Å²) in [5.41, 5.74) is 1.42. The van der Waals surface area contributed by atoms with E-state index in [2.05, 4.69) is 22.5 Å². The van der Waals surface area contributed by atoms with Crippen LogP contribution < -0.4 is 10.6 Å². The van der Waals surface area contributed by atoms with Crippen LogP contribution >= 0.6 is 0 Å². The van der Waals surface area contributed by atoms with Crippen molar-refractivity contribution in [1.82, 2.24) is 10.2 Å². The summed E-state index contributed by atoms with van der Waals surface area (Å²) in [6, 6.07) is 4.85. The molecule has 1 atom stereocenters. The van der Waals surface area contributed by atoms with Gasteiger partial charge in [0.05, 0.1) is 6.54 Å². The van der Waals surface area contributed by atoms with Gasteiger partial charge in [0, 0.05) is 18.3 Å². The molecule has 0 saturated carbocycles. The van der Waals surface area contributed by atoms with Crippen molar-refractivity contribution >= 4 is 11.6 Å². The van der Waals surface area contributed by atoms with Crippen molar-refractivity contribution < 1.29 is 9.18 Å². The van der Waals surface area contributed by atoms with Gasteiger partial charge in [0.15, 0.2) is 0 Å². The number of halogens is 1. The van der Waals surface area contributed by atoms with Crippen LogP contribution in [0.15, 0.2) is 18.2 Å². The molecule has 1 aromatic rings. The van der Waals surface area contributed by atoms with Crippen LogP contribution in [0.5, 0.6) is 0 Å². The Morgan fingerprint density at radius 3 is 3.00 bits per heavy atom. The van der Waals surface area contributed by atoms with Gasteiger partial charge >= 0.3 is 0 Å². The van der Waals surface area contributed by atoms with Gasteiger partial charge in [-0.1, -0.05) is 13.0 Å². The van der Waals surface area contributed by atoms with E-state index in [1.165, 1.54) is 12.1 Å². The van der Waals surface area contributed by atoms with Crippen molar-refractivity contribution in [2.75, 3.05) is 31.5 Å². The largest absolute Gasteiger partial charge is 0.325 e. The molecule has 0 radical (unpaired) electrons. The molecule has 0 spiro atoms. The molecule has 1 amide bonds. The number of anilines is 1. The number of nitrogens with one attached hydrogen (secondary N) is 2. The predicted molar refractivity (Wildman–Crippen MR) is 82.9 cm³/mol. The maximum absolute atomic E-state index is 13.2. The molecule has 1 saturated heterocycles. The first kappa shape index (κ1) is 15.9. The molecular weight excluding hydrogens is 269 g/mol. The van der Waals surface area contributed by atoms with Crippen molar-refractivity contribution in [3.8, 4) is 0 Å². The molecule has 0 aliphatic carbocycles. The molecule has 2 N–H and O–H groups in total. The van der Waals surface area contributed by atoms with Crippen LogP contribution in [-0.2, 0) is 4.79 Å². The lowest BCUT2D eigenvalue weighted by atomic mass is 10.1. The number of piperidine rings is 1. The number of hydrogen-bond acceptors (Lipinski definition) is 3. The number of carbonyl (C=O) groups excluding carboxylic acids is 1. The van der Waals surface area contributed by atoms with Gasteiger partial charge in [-0.05, 0) is 50.6 Å². The Morgan fingerprint density at radius 2 is 2.33 bits per heavy atom. The van der Waals surface area contributed by atoms with Crippen LogP contribution in [0.3, 0.4) is 0 Å². The van der Waals surface area contributed by atoms with E-state index >= 15 is 0 Å². The smallest absolute Gasteiger partial charge is 0.238 e. The number of rotatable bonds is 5. The number of hydrogen-bond donors (Lipinski definition) is 2. The fraction of sp³-hybridized carbons (Fsp3) is 0.562. The van der Waals surface area contributed by atoms with Crippen LogP contribution in [0.2, 0.25) is 0 Å². The third-order valence-electron chi connectivity index (χ3n) is 4.01. The number of carbonyl (C=O) groups is 1. The number of benzene rings is 1. The number of nitrogens with zero attached hydrogens (tertiary/aromatic N) is 1. The van der Waals surface area contributed by atoms with Gasteiger partial charge < -0.3 is 10.6 Å². The molecular formula is C16H24FN3O. The molecule has 1 unspecified atom stereocenters. The van der Waals surface area contributed by atoms with Crippen LogP contribution in [-0.4, -0.2) is 43.0 Å². The Labute approximate surface area is 125 Å². The fourth-order valence-corrected chi connectivity index (χ4v) is 2.75. The summed E-state index contributed by atoms with van der Waals surface area (Å²) in [5, 5.41) is 6.18. The van der Waals surface area contributed by atoms with E-state index in [9.17, 15) is 9.18 Å². The van der Waals surface area contributed by atoms with Gasteiger partial charge in [0.1, 0.15) is 5.82 Å². The molecule has 0 aromatic heterocycles. The van der Waals surface area contributed by atoms with E-state index in [1.807, 2.05) is 6.92 Å². The zero-order valence-corrected chi connectivity index (χ0v) is 12.8. The molecule has 116 valence electrons. The first-order chi connectivity index (χ1) is 10.1. The Bertz CT molecular complexity index is 486. The molecule has 0 bridgehead atoms. The van der Waals surface area contributed by atoms with Crippen LogP contribution in [0.1, 0.15) is 25.3 Å². The highest BCUT2D eigenvalue weighted by atomic mass is 19.1. The van der Waals surface area contributed by atoms with Crippen LogP contribution in [0.25, 0.3) is 0 Å². The van der Waals surface area contributed by atoms with E-state index in [1.54, 1.807) is 6.07 Å². The second-order valence-corrected chi connectivity index (χ2v) is 5.57. The molecule has 2 rings (SSSR count). The van der Waals surface area contributed by atoms with Gasteiger partial charge in [-0.25, -0.2) is 4.39 Å². The first-order valence-electron chi connectivity index (χ1n) is 7.61. The van der Waals surface area contributed by atoms with E-state index in [-0.39, 0.29) is 11.7 Å². The van der Waals surface area contributed by atoms with Gasteiger partial charge in [-0.2, -0.15) is 0 Å². The summed E-state index contributed by atoms with van der Waals surface area (Å²) in [5.74, 6) is -0.421. The number of amides is 1. The highest BCUT2D eigenvalue weighted by Gasteiger charge is 2.21. The molecule has 1 heterocycles. The van der Waals surface area contributed by atoms with Crippen molar-refractivity contribution in [2.24, 2.45) is 0 Å². The topological polar surface area (TPSA) is 44.4 Å². The lowest BCUT2D eigenvalue weighted by Crippen LogP contribution is -2.48. The highest BCUT2D eigenvalue weighted by molar-refractivity contribution is 5.93. The molecule has 4 nitrogen and oxygen atoms in total. The lowest BCUT2D eigenvalue weighted by Gasteiger charge is -2.33. The second-order valence-electron chi connectivity index (χ2n) is 5.57. The van der Waals surface area contributed by atoms with Crippen LogP contribution in [0.4, 0.5) is 10.1 Å². The molecule has 1 aliphatic heterocycles. The average molecular weight is 293 g/mol. The third-order valence-corrected chi connectivity index (χ3v) is 4.01. The fourth-order valence-electron chi connectivity index (χ4n) is 2.75.